The van der Waals surface area contributed by atoms with Gasteiger partial charge in [0.2, 0.25) is 0 Å². The topological polar surface area (TPSA) is 87.7 Å². The van der Waals surface area contributed by atoms with Crippen molar-refractivity contribution in [3.05, 3.63) is 35.9 Å². The number of carbonyl (C=O) groups is 3. The normalized spacial score (nSPS) is 24.1. The van der Waals surface area contributed by atoms with E-state index >= 15 is 0 Å². The van der Waals surface area contributed by atoms with Gasteiger partial charge >= 0.3 is 12.1 Å². The van der Waals surface area contributed by atoms with E-state index in [9.17, 15) is 14.4 Å². The van der Waals surface area contributed by atoms with Crippen LogP contribution in [0.2, 0.25) is 0 Å². The van der Waals surface area contributed by atoms with Crippen molar-refractivity contribution in [1.82, 2.24) is 15.5 Å². The second-order valence-electron chi connectivity index (χ2n) is 5.56. The SMILES string of the molecule is O=C1NC(=O)C2(CCCN(C(=O)OCc3ccccc3)C2)N1. The first-order valence-electron chi connectivity index (χ1n) is 7.18. The van der Waals surface area contributed by atoms with Crippen molar-refractivity contribution in [1.29, 1.82) is 0 Å². The maximum absolute atomic E-state index is 12.2. The predicted molar refractivity (Wildman–Crippen MR) is 76.8 cm³/mol. The Bertz CT molecular complexity index is 604. The number of rotatable bonds is 2. The van der Waals surface area contributed by atoms with Gasteiger partial charge in [0.05, 0.1) is 6.54 Å². The molecule has 22 heavy (non-hydrogen) atoms. The molecule has 2 saturated heterocycles. The van der Waals surface area contributed by atoms with Gasteiger partial charge in [-0.05, 0) is 18.4 Å². The predicted octanol–water partition coefficient (Wildman–Crippen LogP) is 0.997. The molecule has 116 valence electrons. The second-order valence-corrected chi connectivity index (χ2v) is 5.56. The number of ether oxygens (including phenoxy) is 1. The Balaban J connectivity index is 1.61. The lowest BCUT2D eigenvalue weighted by Gasteiger charge is -2.37. The molecule has 1 aromatic rings. The lowest BCUT2D eigenvalue weighted by Crippen LogP contribution is -2.59. The number of hydrogen-bond donors (Lipinski definition) is 2. The molecule has 1 aromatic carbocycles. The quantitative estimate of drug-likeness (QED) is 0.798. The number of urea groups is 1. The van der Waals surface area contributed by atoms with Crippen LogP contribution in [0.4, 0.5) is 9.59 Å². The number of benzene rings is 1. The van der Waals surface area contributed by atoms with Crippen LogP contribution in [0.25, 0.3) is 0 Å². The Labute approximate surface area is 127 Å². The number of imide groups is 1. The van der Waals surface area contributed by atoms with Crippen LogP contribution < -0.4 is 10.6 Å². The van der Waals surface area contributed by atoms with E-state index in [0.29, 0.717) is 19.4 Å². The molecule has 0 radical (unpaired) electrons. The lowest BCUT2D eigenvalue weighted by atomic mass is 9.89. The van der Waals surface area contributed by atoms with Crippen LogP contribution in [0, 0.1) is 0 Å². The van der Waals surface area contributed by atoms with Crippen molar-refractivity contribution in [2.24, 2.45) is 0 Å². The minimum atomic E-state index is -1.01. The average Bonchev–Trinajstić information content (AvgIpc) is 2.79. The number of carbonyl (C=O) groups excluding carboxylic acids is 3. The highest BCUT2D eigenvalue weighted by Crippen LogP contribution is 2.25. The number of piperidine rings is 1. The second kappa shape index (κ2) is 5.67. The molecule has 1 atom stereocenters. The summed E-state index contributed by atoms with van der Waals surface area (Å²) in [7, 11) is 0. The minimum Gasteiger partial charge on any atom is -0.445 e. The molecule has 0 saturated carbocycles. The molecule has 1 unspecified atom stereocenters. The molecule has 4 amide bonds. The number of hydrogen-bond acceptors (Lipinski definition) is 4. The first-order chi connectivity index (χ1) is 10.6. The van der Waals surface area contributed by atoms with Crippen LogP contribution >= 0.6 is 0 Å². The van der Waals surface area contributed by atoms with Crippen LogP contribution in [-0.2, 0) is 16.1 Å². The molecule has 2 fully saturated rings. The van der Waals surface area contributed by atoms with E-state index in [1.54, 1.807) is 0 Å². The third kappa shape index (κ3) is 2.74. The highest BCUT2D eigenvalue weighted by molar-refractivity contribution is 6.07. The van der Waals surface area contributed by atoms with Crippen molar-refractivity contribution < 1.29 is 19.1 Å². The molecule has 3 rings (SSSR count). The van der Waals surface area contributed by atoms with Gasteiger partial charge in [-0.1, -0.05) is 30.3 Å². The summed E-state index contributed by atoms with van der Waals surface area (Å²) in [6, 6.07) is 8.87. The number of nitrogens with zero attached hydrogens (tertiary/aromatic N) is 1. The summed E-state index contributed by atoms with van der Waals surface area (Å²) >= 11 is 0. The minimum absolute atomic E-state index is 0.137. The number of nitrogens with one attached hydrogen (secondary N) is 2. The molecule has 0 aromatic heterocycles. The Morgan fingerprint density at radius 2 is 2.05 bits per heavy atom. The van der Waals surface area contributed by atoms with Gasteiger partial charge in [0.25, 0.3) is 5.91 Å². The monoisotopic (exact) mass is 303 g/mol. The summed E-state index contributed by atoms with van der Waals surface area (Å²) in [5, 5.41) is 4.86. The summed E-state index contributed by atoms with van der Waals surface area (Å²) in [6.07, 6.45) is 0.679. The molecule has 0 aliphatic carbocycles. The summed E-state index contributed by atoms with van der Waals surface area (Å²) < 4.78 is 5.27. The number of amides is 4. The van der Waals surface area contributed by atoms with Crippen molar-refractivity contribution in [2.75, 3.05) is 13.1 Å². The first kappa shape index (κ1) is 14.4. The standard InChI is InChI=1S/C15H17N3O4/c19-12-15(17-13(20)16-12)7-4-8-18(10-15)14(21)22-9-11-5-2-1-3-6-11/h1-3,5-6H,4,7-10H2,(H2,16,17,19,20). The molecule has 0 bridgehead atoms. The third-order valence-electron chi connectivity index (χ3n) is 3.97. The van der Waals surface area contributed by atoms with Gasteiger partial charge in [0.1, 0.15) is 12.1 Å². The van der Waals surface area contributed by atoms with E-state index in [0.717, 1.165) is 5.56 Å². The van der Waals surface area contributed by atoms with Crippen molar-refractivity contribution in [3.8, 4) is 0 Å². The van der Waals surface area contributed by atoms with E-state index in [-0.39, 0.29) is 19.1 Å². The molecular formula is C15H17N3O4. The van der Waals surface area contributed by atoms with Crippen LogP contribution in [0.5, 0.6) is 0 Å². The molecular weight excluding hydrogens is 286 g/mol. The fourth-order valence-corrected chi connectivity index (χ4v) is 2.84. The Kier molecular flexibility index (Phi) is 3.70. The highest BCUT2D eigenvalue weighted by Gasteiger charge is 2.49. The van der Waals surface area contributed by atoms with Crippen molar-refractivity contribution >= 4 is 18.0 Å². The smallest absolute Gasteiger partial charge is 0.410 e. The zero-order valence-corrected chi connectivity index (χ0v) is 12.0. The van der Waals surface area contributed by atoms with Gasteiger partial charge in [-0.2, -0.15) is 0 Å². The van der Waals surface area contributed by atoms with Crippen LogP contribution in [0.15, 0.2) is 30.3 Å². The third-order valence-corrected chi connectivity index (χ3v) is 3.97. The van der Waals surface area contributed by atoms with Crippen molar-refractivity contribution in [3.63, 3.8) is 0 Å². The van der Waals surface area contributed by atoms with Gasteiger partial charge in [-0.15, -0.1) is 0 Å². The van der Waals surface area contributed by atoms with E-state index in [4.69, 9.17) is 4.74 Å². The van der Waals surface area contributed by atoms with Crippen molar-refractivity contribution in [2.45, 2.75) is 25.0 Å². The largest absolute Gasteiger partial charge is 0.445 e. The van der Waals surface area contributed by atoms with Gasteiger partial charge in [-0.25, -0.2) is 9.59 Å². The zero-order valence-electron chi connectivity index (χ0n) is 12.0. The van der Waals surface area contributed by atoms with Gasteiger partial charge in [0, 0.05) is 6.54 Å². The molecule has 7 nitrogen and oxygen atoms in total. The van der Waals surface area contributed by atoms with Gasteiger partial charge in [0.15, 0.2) is 0 Å². The molecule has 2 aliphatic heterocycles. The van der Waals surface area contributed by atoms with E-state index in [1.165, 1.54) is 4.90 Å². The van der Waals surface area contributed by atoms with E-state index in [1.807, 2.05) is 30.3 Å². The van der Waals surface area contributed by atoms with Gasteiger partial charge < -0.3 is 15.0 Å². The van der Waals surface area contributed by atoms with E-state index < -0.39 is 17.7 Å². The van der Waals surface area contributed by atoms with E-state index in [2.05, 4.69) is 10.6 Å². The van der Waals surface area contributed by atoms with Gasteiger partial charge in [-0.3, -0.25) is 10.1 Å². The maximum Gasteiger partial charge on any atom is 0.410 e. The lowest BCUT2D eigenvalue weighted by molar-refractivity contribution is -0.125. The maximum atomic E-state index is 12.2. The molecule has 2 heterocycles. The fourth-order valence-electron chi connectivity index (χ4n) is 2.84. The number of likely N-dealkylation sites (tertiary alicyclic amines) is 1. The summed E-state index contributed by atoms with van der Waals surface area (Å²) in [4.78, 5) is 36.9. The molecule has 7 heteroatoms. The Hall–Kier alpha value is -2.57. The van der Waals surface area contributed by atoms with Crippen LogP contribution in [0.3, 0.4) is 0 Å². The van der Waals surface area contributed by atoms with Crippen LogP contribution in [0.1, 0.15) is 18.4 Å². The summed E-state index contributed by atoms with van der Waals surface area (Å²) in [5.41, 5.74) is -0.115. The van der Waals surface area contributed by atoms with Crippen LogP contribution in [-0.4, -0.2) is 41.6 Å². The Morgan fingerprint density at radius 1 is 1.27 bits per heavy atom. The average molecular weight is 303 g/mol. The molecule has 2 N–H and O–H groups in total. The molecule has 2 aliphatic rings. The first-order valence-corrected chi connectivity index (χ1v) is 7.18. The fraction of sp³-hybridized carbons (Fsp3) is 0.400. The highest BCUT2D eigenvalue weighted by atomic mass is 16.6. The summed E-state index contributed by atoms with van der Waals surface area (Å²) in [6.45, 7) is 0.832. The molecule has 1 spiro atoms. The zero-order chi connectivity index (χ0) is 15.6. The summed E-state index contributed by atoms with van der Waals surface area (Å²) in [5.74, 6) is -0.377. The Morgan fingerprint density at radius 3 is 2.73 bits per heavy atom.